The molecule has 0 aliphatic heterocycles. The topological polar surface area (TPSA) is 94.5 Å². The van der Waals surface area contributed by atoms with Gasteiger partial charge in [-0.1, -0.05) is 0 Å². The lowest BCUT2D eigenvalue weighted by Gasteiger charge is -2.10. The van der Waals surface area contributed by atoms with Crippen molar-refractivity contribution in [3.8, 4) is 0 Å². The maximum absolute atomic E-state index is 5.45. The van der Waals surface area contributed by atoms with Crippen molar-refractivity contribution in [3.05, 3.63) is 22.4 Å². The summed E-state index contributed by atoms with van der Waals surface area (Å²) in [6.07, 6.45) is 0.577. The number of hydrogen-bond donors (Lipinski definition) is 2. The molecular formula is C7H11N7S. The van der Waals surface area contributed by atoms with Crippen LogP contribution in [-0.4, -0.2) is 25.2 Å². The molecule has 0 bridgehead atoms. The van der Waals surface area contributed by atoms with Gasteiger partial charge in [0.05, 0.1) is 24.3 Å². The molecule has 0 saturated carbocycles. The molecule has 2 rings (SSSR count). The highest BCUT2D eigenvalue weighted by Crippen LogP contribution is 2.15. The molecular weight excluding hydrogens is 214 g/mol. The van der Waals surface area contributed by atoms with Crippen LogP contribution in [0.15, 0.2) is 10.9 Å². The van der Waals surface area contributed by atoms with E-state index in [-0.39, 0.29) is 6.04 Å². The summed E-state index contributed by atoms with van der Waals surface area (Å²) >= 11 is 1.53. The summed E-state index contributed by atoms with van der Waals surface area (Å²) in [4.78, 5) is 5.60. The first kappa shape index (κ1) is 10.1. The number of nitrogens with one attached hydrogen (secondary N) is 1. The summed E-state index contributed by atoms with van der Waals surface area (Å²) in [6.45, 7) is 0. The summed E-state index contributed by atoms with van der Waals surface area (Å²) in [5.74, 6) is 6.10. The van der Waals surface area contributed by atoms with Crippen LogP contribution in [-0.2, 0) is 13.5 Å². The first-order chi connectivity index (χ1) is 7.29. The largest absolute Gasteiger partial charge is 0.271 e. The van der Waals surface area contributed by atoms with Gasteiger partial charge in [-0.3, -0.25) is 11.3 Å². The molecule has 3 N–H and O–H groups in total. The van der Waals surface area contributed by atoms with E-state index in [1.807, 2.05) is 5.38 Å². The van der Waals surface area contributed by atoms with Gasteiger partial charge in [0.2, 0.25) is 0 Å². The third-order valence-electron chi connectivity index (χ3n) is 1.95. The van der Waals surface area contributed by atoms with Crippen LogP contribution < -0.4 is 11.3 Å². The van der Waals surface area contributed by atoms with Crippen LogP contribution in [0.4, 0.5) is 0 Å². The second-order valence-corrected chi connectivity index (χ2v) is 3.75. The molecule has 1 atom stereocenters. The predicted octanol–water partition coefficient (Wildman–Crippen LogP) is -0.586. The summed E-state index contributed by atoms with van der Waals surface area (Å²) in [5, 5.41) is 13.7. The predicted molar refractivity (Wildman–Crippen MR) is 54.7 cm³/mol. The molecule has 0 fully saturated rings. The van der Waals surface area contributed by atoms with Crippen molar-refractivity contribution in [1.82, 2.24) is 30.6 Å². The zero-order chi connectivity index (χ0) is 10.7. The molecule has 0 amide bonds. The molecule has 0 aromatic carbocycles. The van der Waals surface area contributed by atoms with E-state index in [9.17, 15) is 0 Å². The number of nitrogens with zero attached hydrogens (tertiary/aromatic N) is 5. The van der Waals surface area contributed by atoms with Crippen LogP contribution in [0.3, 0.4) is 0 Å². The number of nitrogens with two attached hydrogens (primary N) is 1. The molecule has 0 spiro atoms. The average Bonchev–Trinajstić information content (AvgIpc) is 2.85. The van der Waals surface area contributed by atoms with Crippen molar-refractivity contribution in [2.75, 3.05) is 0 Å². The van der Waals surface area contributed by atoms with Crippen LogP contribution in [0.1, 0.15) is 17.6 Å². The molecule has 0 radical (unpaired) electrons. The zero-order valence-corrected chi connectivity index (χ0v) is 8.98. The molecule has 0 aliphatic carbocycles. The fraction of sp³-hybridized carbons (Fsp3) is 0.429. The van der Waals surface area contributed by atoms with E-state index < -0.39 is 0 Å². The average molecular weight is 225 g/mol. The molecule has 1 unspecified atom stereocenters. The second kappa shape index (κ2) is 4.43. The maximum atomic E-state index is 5.45. The summed E-state index contributed by atoms with van der Waals surface area (Å²) < 4.78 is 0. The fourth-order valence-corrected chi connectivity index (χ4v) is 1.84. The van der Waals surface area contributed by atoms with Gasteiger partial charge in [0.25, 0.3) is 0 Å². The van der Waals surface area contributed by atoms with Gasteiger partial charge < -0.3 is 0 Å². The van der Waals surface area contributed by atoms with Gasteiger partial charge in [-0.25, -0.2) is 4.98 Å². The molecule has 0 saturated heterocycles. The fourth-order valence-electron chi connectivity index (χ4n) is 1.23. The van der Waals surface area contributed by atoms with Crippen molar-refractivity contribution in [2.24, 2.45) is 12.9 Å². The molecule has 8 heteroatoms. The Morgan fingerprint density at radius 1 is 1.67 bits per heavy atom. The van der Waals surface area contributed by atoms with Gasteiger partial charge in [0.15, 0.2) is 5.82 Å². The quantitative estimate of drug-likeness (QED) is 0.533. The van der Waals surface area contributed by atoms with Gasteiger partial charge >= 0.3 is 0 Å². The molecule has 2 heterocycles. The second-order valence-electron chi connectivity index (χ2n) is 3.03. The smallest absolute Gasteiger partial charge is 0.176 e. The highest BCUT2D eigenvalue weighted by Gasteiger charge is 2.15. The van der Waals surface area contributed by atoms with E-state index in [1.165, 1.54) is 16.1 Å². The standard InChI is InChI=1S/C7H11N7S/c1-14-12-7(11-13-14)2-5(10-8)6-3-15-4-9-6/h3-5,10H,2,8H2,1H3. The third kappa shape index (κ3) is 2.35. The van der Waals surface area contributed by atoms with Crippen molar-refractivity contribution >= 4 is 11.3 Å². The van der Waals surface area contributed by atoms with E-state index in [4.69, 9.17) is 5.84 Å². The van der Waals surface area contributed by atoms with Crippen LogP contribution in [0.5, 0.6) is 0 Å². The van der Waals surface area contributed by atoms with Crippen LogP contribution in [0.2, 0.25) is 0 Å². The van der Waals surface area contributed by atoms with Crippen LogP contribution >= 0.6 is 11.3 Å². The van der Waals surface area contributed by atoms with Gasteiger partial charge in [-0.05, 0) is 5.21 Å². The van der Waals surface area contributed by atoms with E-state index in [2.05, 4.69) is 25.8 Å². The Kier molecular flexibility index (Phi) is 2.99. The Hall–Kier alpha value is -1.38. The zero-order valence-electron chi connectivity index (χ0n) is 8.16. The molecule has 2 aromatic rings. The van der Waals surface area contributed by atoms with E-state index in [0.717, 1.165) is 5.69 Å². The minimum Gasteiger partial charge on any atom is -0.271 e. The SMILES string of the molecule is Cn1nnc(CC(NN)c2cscn2)n1. The number of tetrazole rings is 1. The Balaban J connectivity index is 2.09. The monoisotopic (exact) mass is 225 g/mol. The van der Waals surface area contributed by atoms with Crippen molar-refractivity contribution in [1.29, 1.82) is 0 Å². The molecule has 15 heavy (non-hydrogen) atoms. The highest BCUT2D eigenvalue weighted by atomic mass is 32.1. The summed E-state index contributed by atoms with van der Waals surface area (Å²) in [6, 6.07) is -0.0690. The molecule has 80 valence electrons. The normalized spacial score (nSPS) is 12.9. The molecule has 0 aliphatic rings. The maximum Gasteiger partial charge on any atom is 0.176 e. The van der Waals surface area contributed by atoms with E-state index in [1.54, 1.807) is 12.6 Å². The highest BCUT2D eigenvalue weighted by molar-refractivity contribution is 7.07. The van der Waals surface area contributed by atoms with E-state index in [0.29, 0.717) is 12.2 Å². The minimum absolute atomic E-state index is 0.0690. The number of aromatic nitrogens is 5. The molecule has 2 aromatic heterocycles. The van der Waals surface area contributed by atoms with E-state index >= 15 is 0 Å². The Morgan fingerprint density at radius 3 is 3.07 bits per heavy atom. The number of rotatable bonds is 4. The number of hydrogen-bond acceptors (Lipinski definition) is 7. The van der Waals surface area contributed by atoms with Gasteiger partial charge in [0.1, 0.15) is 0 Å². The van der Waals surface area contributed by atoms with Crippen LogP contribution in [0, 0.1) is 0 Å². The Morgan fingerprint density at radius 2 is 2.53 bits per heavy atom. The lowest BCUT2D eigenvalue weighted by atomic mass is 10.1. The van der Waals surface area contributed by atoms with Crippen molar-refractivity contribution in [3.63, 3.8) is 0 Å². The van der Waals surface area contributed by atoms with Crippen LogP contribution in [0.25, 0.3) is 0 Å². The summed E-state index contributed by atoms with van der Waals surface area (Å²) in [7, 11) is 1.73. The lowest BCUT2D eigenvalue weighted by Crippen LogP contribution is -2.30. The van der Waals surface area contributed by atoms with Crippen molar-refractivity contribution < 1.29 is 0 Å². The number of aryl methyl sites for hydroxylation is 1. The minimum atomic E-state index is -0.0690. The first-order valence-corrected chi connectivity index (χ1v) is 5.31. The van der Waals surface area contributed by atoms with Gasteiger partial charge in [-0.2, -0.15) is 4.80 Å². The Labute approximate surface area is 90.3 Å². The lowest BCUT2D eigenvalue weighted by molar-refractivity contribution is 0.526. The third-order valence-corrected chi connectivity index (χ3v) is 2.55. The van der Waals surface area contributed by atoms with Crippen molar-refractivity contribution in [2.45, 2.75) is 12.5 Å². The number of hydrazine groups is 1. The molecule has 7 nitrogen and oxygen atoms in total. The van der Waals surface area contributed by atoms with Gasteiger partial charge in [0, 0.05) is 11.8 Å². The summed E-state index contributed by atoms with van der Waals surface area (Å²) in [5.41, 5.74) is 5.36. The Bertz CT molecular complexity index is 409. The van der Waals surface area contributed by atoms with Gasteiger partial charge in [-0.15, -0.1) is 21.5 Å². The number of thiazole rings is 1. The first-order valence-electron chi connectivity index (χ1n) is 4.36.